The quantitative estimate of drug-likeness (QED) is 0.826. The first kappa shape index (κ1) is 19.3. The minimum Gasteiger partial charge on any atom is -0.364 e. The summed E-state index contributed by atoms with van der Waals surface area (Å²) in [6.45, 7) is 5.48. The molecule has 1 aromatic rings. The average molecular weight is 381 g/mol. The Hall–Kier alpha value is -1.48. The van der Waals surface area contributed by atoms with Crippen LogP contribution in [0.25, 0.3) is 0 Å². The summed E-state index contributed by atoms with van der Waals surface area (Å²) in [4.78, 5) is 14.6. The molecule has 0 unspecified atom stereocenters. The van der Waals surface area contributed by atoms with Crippen LogP contribution >= 0.6 is 0 Å². The summed E-state index contributed by atoms with van der Waals surface area (Å²) in [5.41, 5.74) is 7.25. The van der Waals surface area contributed by atoms with Crippen molar-refractivity contribution >= 4 is 15.9 Å². The topological polar surface area (TPSA) is 92.9 Å². The van der Waals surface area contributed by atoms with Gasteiger partial charge in [0.25, 0.3) is 5.91 Å². The second kappa shape index (κ2) is 7.64. The summed E-state index contributed by atoms with van der Waals surface area (Å²) in [7, 11) is -3.55. The molecule has 8 heteroatoms. The van der Waals surface area contributed by atoms with Crippen LogP contribution in [0.2, 0.25) is 0 Å². The Morgan fingerprint density at radius 3 is 2.50 bits per heavy atom. The highest BCUT2D eigenvalue weighted by atomic mass is 32.2. The number of aryl methyl sites for hydroxylation is 2. The molecular formula is C18H27N3O4S. The average Bonchev–Trinajstić information content (AvgIpc) is 3.12. The van der Waals surface area contributed by atoms with Crippen molar-refractivity contribution in [2.45, 2.75) is 43.8 Å². The molecule has 2 saturated heterocycles. The summed E-state index contributed by atoms with van der Waals surface area (Å²) in [6, 6.07) is 5.44. The molecule has 2 fully saturated rings. The first-order valence-corrected chi connectivity index (χ1v) is 10.5. The van der Waals surface area contributed by atoms with Gasteiger partial charge in [-0.15, -0.1) is 0 Å². The van der Waals surface area contributed by atoms with Gasteiger partial charge in [0.15, 0.2) is 0 Å². The maximum Gasteiger partial charge on any atom is 0.251 e. The van der Waals surface area contributed by atoms with Gasteiger partial charge in [0, 0.05) is 32.7 Å². The van der Waals surface area contributed by atoms with Crippen molar-refractivity contribution in [1.82, 2.24) is 9.21 Å². The summed E-state index contributed by atoms with van der Waals surface area (Å²) >= 11 is 0. The number of rotatable bonds is 4. The van der Waals surface area contributed by atoms with E-state index in [1.54, 1.807) is 17.9 Å². The SMILES string of the molecule is Cc1ccc(C)c(S(=O)(=O)N2CCN(C(=O)[C@@H]3CC[C@H](CN)O3)CC2)c1. The molecule has 2 atom stereocenters. The first-order valence-electron chi connectivity index (χ1n) is 9.04. The van der Waals surface area contributed by atoms with Crippen LogP contribution in [0, 0.1) is 13.8 Å². The zero-order valence-corrected chi connectivity index (χ0v) is 16.2. The second-order valence-corrected chi connectivity index (χ2v) is 8.96. The number of hydrogen-bond acceptors (Lipinski definition) is 5. The lowest BCUT2D eigenvalue weighted by atomic mass is 10.1. The number of nitrogens with zero attached hydrogens (tertiary/aromatic N) is 2. The van der Waals surface area contributed by atoms with Gasteiger partial charge in [-0.2, -0.15) is 4.31 Å². The summed E-state index contributed by atoms with van der Waals surface area (Å²) < 4.78 is 33.1. The van der Waals surface area contributed by atoms with Crippen molar-refractivity contribution < 1.29 is 17.9 Å². The number of sulfonamides is 1. The maximum atomic E-state index is 13.0. The fraction of sp³-hybridized carbons (Fsp3) is 0.611. The molecule has 0 saturated carbocycles. The van der Waals surface area contributed by atoms with Gasteiger partial charge in [-0.05, 0) is 43.9 Å². The molecule has 0 spiro atoms. The Bertz CT molecular complexity index is 773. The van der Waals surface area contributed by atoms with E-state index in [1.165, 1.54) is 4.31 Å². The van der Waals surface area contributed by atoms with Crippen LogP contribution in [0.15, 0.2) is 23.1 Å². The van der Waals surface area contributed by atoms with Crippen LogP contribution in [-0.4, -0.2) is 68.5 Å². The minimum absolute atomic E-state index is 0.0464. The predicted octanol–water partition coefficient (Wildman–Crippen LogP) is 0.643. The monoisotopic (exact) mass is 381 g/mol. The Balaban J connectivity index is 1.64. The molecule has 0 aromatic heterocycles. The number of amides is 1. The van der Waals surface area contributed by atoms with Gasteiger partial charge >= 0.3 is 0 Å². The van der Waals surface area contributed by atoms with Crippen LogP contribution in [0.4, 0.5) is 0 Å². The highest BCUT2D eigenvalue weighted by Crippen LogP contribution is 2.24. The summed E-state index contributed by atoms with van der Waals surface area (Å²) in [6.07, 6.45) is 0.996. The molecule has 2 aliphatic heterocycles. The van der Waals surface area contributed by atoms with Crippen LogP contribution in [0.1, 0.15) is 24.0 Å². The third kappa shape index (κ3) is 3.78. The fourth-order valence-corrected chi connectivity index (χ4v) is 5.27. The Labute approximate surface area is 155 Å². The molecule has 2 heterocycles. The standard InChI is InChI=1S/C18H27N3O4S/c1-13-3-4-14(2)17(11-13)26(23,24)21-9-7-20(8-10-21)18(22)16-6-5-15(12-19)25-16/h3-4,11,15-16H,5-10,12,19H2,1-2H3/t15-,16+/m1/s1. The number of ether oxygens (including phenoxy) is 1. The molecule has 2 N–H and O–H groups in total. The smallest absolute Gasteiger partial charge is 0.251 e. The highest BCUT2D eigenvalue weighted by molar-refractivity contribution is 7.89. The Morgan fingerprint density at radius 1 is 1.19 bits per heavy atom. The maximum absolute atomic E-state index is 13.0. The largest absolute Gasteiger partial charge is 0.364 e. The van der Waals surface area contributed by atoms with Crippen molar-refractivity contribution in [1.29, 1.82) is 0 Å². The van der Waals surface area contributed by atoms with Crippen molar-refractivity contribution in [2.75, 3.05) is 32.7 Å². The zero-order valence-electron chi connectivity index (χ0n) is 15.3. The van der Waals surface area contributed by atoms with Crippen LogP contribution in [-0.2, 0) is 19.6 Å². The van der Waals surface area contributed by atoms with E-state index >= 15 is 0 Å². The normalized spacial score (nSPS) is 24.8. The summed E-state index contributed by atoms with van der Waals surface area (Å²) in [5.74, 6) is -0.0512. The predicted molar refractivity (Wildman–Crippen MR) is 98.2 cm³/mol. The van der Waals surface area contributed by atoms with Crippen LogP contribution in [0.3, 0.4) is 0 Å². The van der Waals surface area contributed by atoms with Gasteiger partial charge in [-0.3, -0.25) is 4.79 Å². The van der Waals surface area contributed by atoms with Gasteiger partial charge in [-0.25, -0.2) is 8.42 Å². The van der Waals surface area contributed by atoms with E-state index in [1.807, 2.05) is 19.1 Å². The lowest BCUT2D eigenvalue weighted by Gasteiger charge is -2.35. The number of carbonyl (C=O) groups excluding carboxylic acids is 1. The number of hydrogen-bond donors (Lipinski definition) is 1. The lowest BCUT2D eigenvalue weighted by molar-refractivity contribution is -0.143. The van der Waals surface area contributed by atoms with Gasteiger partial charge in [0.1, 0.15) is 6.10 Å². The first-order chi connectivity index (χ1) is 12.3. The summed E-state index contributed by atoms with van der Waals surface area (Å²) in [5, 5.41) is 0. The van der Waals surface area contributed by atoms with E-state index in [9.17, 15) is 13.2 Å². The van der Waals surface area contributed by atoms with E-state index in [4.69, 9.17) is 10.5 Å². The molecule has 0 radical (unpaired) electrons. The Morgan fingerprint density at radius 2 is 1.88 bits per heavy atom. The second-order valence-electron chi connectivity index (χ2n) is 7.06. The minimum atomic E-state index is -3.55. The van der Waals surface area contributed by atoms with Crippen LogP contribution in [0.5, 0.6) is 0 Å². The lowest BCUT2D eigenvalue weighted by Crippen LogP contribution is -2.52. The highest BCUT2D eigenvalue weighted by Gasteiger charge is 2.36. The van der Waals surface area contributed by atoms with E-state index in [0.29, 0.717) is 44.0 Å². The Kier molecular flexibility index (Phi) is 5.67. The molecule has 3 rings (SSSR count). The molecule has 144 valence electrons. The van der Waals surface area contributed by atoms with E-state index in [0.717, 1.165) is 17.5 Å². The van der Waals surface area contributed by atoms with Gasteiger partial charge in [0.05, 0.1) is 11.0 Å². The zero-order chi connectivity index (χ0) is 18.9. The molecule has 2 aliphatic rings. The molecule has 0 bridgehead atoms. The van der Waals surface area contributed by atoms with E-state index in [-0.39, 0.29) is 12.0 Å². The van der Waals surface area contributed by atoms with Gasteiger partial charge in [0.2, 0.25) is 10.0 Å². The number of carbonyl (C=O) groups is 1. The molecule has 1 amide bonds. The third-order valence-corrected chi connectivity index (χ3v) is 7.20. The van der Waals surface area contributed by atoms with Crippen molar-refractivity contribution in [3.63, 3.8) is 0 Å². The molecule has 1 aromatic carbocycles. The van der Waals surface area contributed by atoms with E-state index in [2.05, 4.69) is 0 Å². The molecule has 7 nitrogen and oxygen atoms in total. The van der Waals surface area contributed by atoms with Gasteiger partial charge < -0.3 is 15.4 Å². The van der Waals surface area contributed by atoms with Crippen molar-refractivity contribution in [3.05, 3.63) is 29.3 Å². The molecule has 26 heavy (non-hydrogen) atoms. The van der Waals surface area contributed by atoms with Crippen molar-refractivity contribution in [2.24, 2.45) is 5.73 Å². The van der Waals surface area contributed by atoms with Gasteiger partial charge in [-0.1, -0.05) is 12.1 Å². The number of nitrogens with two attached hydrogens (primary N) is 1. The van der Waals surface area contributed by atoms with Crippen LogP contribution < -0.4 is 5.73 Å². The third-order valence-electron chi connectivity index (χ3n) is 5.16. The molecular weight excluding hydrogens is 354 g/mol. The molecule has 0 aliphatic carbocycles. The number of benzene rings is 1. The van der Waals surface area contributed by atoms with E-state index < -0.39 is 16.1 Å². The number of piperazine rings is 1. The van der Waals surface area contributed by atoms with Crippen molar-refractivity contribution in [3.8, 4) is 0 Å². The fourth-order valence-electron chi connectivity index (χ4n) is 3.54.